The Morgan fingerprint density at radius 1 is 1.26 bits per heavy atom. The number of hydrogen-bond donors (Lipinski definition) is 3. The van der Waals surface area contributed by atoms with Gasteiger partial charge in [-0.1, -0.05) is 23.7 Å². The Labute approximate surface area is 136 Å². The number of aliphatic hydroxyl groups is 1. The maximum Gasteiger partial charge on any atom is 0.191 e. The third kappa shape index (κ3) is 8.28. The molecule has 0 saturated heterocycles. The SMILES string of the molecule is CCNC(=NCCO)NCCc1ccc(Cl)cc1.I. The molecule has 4 nitrogen and oxygen atoms in total. The van der Waals surface area contributed by atoms with Gasteiger partial charge in [0, 0.05) is 18.1 Å². The molecule has 108 valence electrons. The summed E-state index contributed by atoms with van der Waals surface area (Å²) in [6.07, 6.45) is 0.903. The van der Waals surface area contributed by atoms with Crippen LogP contribution in [0.3, 0.4) is 0 Å². The number of nitrogens with one attached hydrogen (secondary N) is 2. The standard InChI is InChI=1S/C13H20ClN3O.HI/c1-2-15-13(17-9-10-18)16-8-7-11-3-5-12(14)6-4-11;/h3-6,18H,2,7-10H2,1H3,(H2,15,16,17);1H. The van der Waals surface area contributed by atoms with Gasteiger partial charge in [-0.25, -0.2) is 0 Å². The first-order chi connectivity index (χ1) is 8.76. The second-order valence-electron chi connectivity index (χ2n) is 3.79. The second-order valence-corrected chi connectivity index (χ2v) is 4.22. The van der Waals surface area contributed by atoms with E-state index in [0.29, 0.717) is 6.54 Å². The summed E-state index contributed by atoms with van der Waals surface area (Å²) >= 11 is 5.83. The van der Waals surface area contributed by atoms with Crippen LogP contribution in [-0.2, 0) is 6.42 Å². The lowest BCUT2D eigenvalue weighted by Crippen LogP contribution is -2.38. The van der Waals surface area contributed by atoms with E-state index < -0.39 is 0 Å². The van der Waals surface area contributed by atoms with Gasteiger partial charge in [0.05, 0.1) is 13.2 Å². The molecule has 1 rings (SSSR count). The van der Waals surface area contributed by atoms with Crippen molar-refractivity contribution in [2.45, 2.75) is 13.3 Å². The van der Waals surface area contributed by atoms with Gasteiger partial charge >= 0.3 is 0 Å². The van der Waals surface area contributed by atoms with E-state index in [0.717, 1.165) is 30.5 Å². The number of halogens is 2. The summed E-state index contributed by atoms with van der Waals surface area (Å²) < 4.78 is 0. The molecule has 0 atom stereocenters. The van der Waals surface area contributed by atoms with Crippen LogP contribution >= 0.6 is 35.6 Å². The molecule has 0 unspecified atom stereocenters. The van der Waals surface area contributed by atoms with Gasteiger partial charge in [-0.05, 0) is 31.0 Å². The van der Waals surface area contributed by atoms with Crippen molar-refractivity contribution in [2.24, 2.45) is 4.99 Å². The molecular formula is C13H21ClIN3O. The zero-order valence-electron chi connectivity index (χ0n) is 11.0. The molecule has 0 aromatic heterocycles. The van der Waals surface area contributed by atoms with E-state index >= 15 is 0 Å². The van der Waals surface area contributed by atoms with Crippen LogP contribution in [0, 0.1) is 0 Å². The number of rotatable bonds is 6. The lowest BCUT2D eigenvalue weighted by Gasteiger charge is -2.10. The summed E-state index contributed by atoms with van der Waals surface area (Å²) in [6.45, 7) is 4.08. The maximum atomic E-state index is 8.74. The topological polar surface area (TPSA) is 56.7 Å². The van der Waals surface area contributed by atoms with E-state index in [2.05, 4.69) is 15.6 Å². The van der Waals surface area contributed by atoms with Gasteiger partial charge in [0.2, 0.25) is 0 Å². The third-order valence-electron chi connectivity index (χ3n) is 2.33. The molecule has 0 saturated carbocycles. The predicted octanol–water partition coefficient (Wildman–Crippen LogP) is 2.05. The van der Waals surface area contributed by atoms with E-state index in [-0.39, 0.29) is 30.6 Å². The highest BCUT2D eigenvalue weighted by Gasteiger charge is 1.97. The van der Waals surface area contributed by atoms with Gasteiger partial charge in [-0.2, -0.15) is 0 Å². The molecule has 19 heavy (non-hydrogen) atoms. The third-order valence-corrected chi connectivity index (χ3v) is 2.59. The van der Waals surface area contributed by atoms with Gasteiger partial charge < -0.3 is 15.7 Å². The molecular weight excluding hydrogens is 377 g/mol. The van der Waals surface area contributed by atoms with Crippen LogP contribution in [0.4, 0.5) is 0 Å². The van der Waals surface area contributed by atoms with Gasteiger partial charge in [0.1, 0.15) is 0 Å². The van der Waals surface area contributed by atoms with E-state index in [9.17, 15) is 0 Å². The maximum absolute atomic E-state index is 8.74. The molecule has 0 fully saturated rings. The fourth-order valence-corrected chi connectivity index (χ4v) is 1.61. The second kappa shape index (κ2) is 11.3. The molecule has 0 amide bonds. The molecule has 1 aromatic carbocycles. The normalized spacial score (nSPS) is 10.8. The first-order valence-electron chi connectivity index (χ1n) is 6.13. The van der Waals surface area contributed by atoms with Crippen molar-refractivity contribution >= 4 is 41.5 Å². The lowest BCUT2D eigenvalue weighted by atomic mass is 10.1. The zero-order chi connectivity index (χ0) is 13.2. The van der Waals surface area contributed by atoms with Gasteiger partial charge in [-0.3, -0.25) is 4.99 Å². The minimum Gasteiger partial charge on any atom is -0.394 e. The highest BCUT2D eigenvalue weighted by Crippen LogP contribution is 2.09. The number of guanidine groups is 1. The molecule has 1 aromatic rings. The highest BCUT2D eigenvalue weighted by molar-refractivity contribution is 14.0. The quantitative estimate of drug-likeness (QED) is 0.391. The average Bonchev–Trinajstić information content (AvgIpc) is 2.38. The smallest absolute Gasteiger partial charge is 0.191 e. The number of hydrogen-bond acceptors (Lipinski definition) is 2. The van der Waals surface area contributed by atoms with Crippen LogP contribution in [0.25, 0.3) is 0 Å². The fraction of sp³-hybridized carbons (Fsp3) is 0.462. The average molecular weight is 398 g/mol. The Morgan fingerprint density at radius 2 is 1.95 bits per heavy atom. The number of nitrogens with zero attached hydrogens (tertiary/aromatic N) is 1. The summed E-state index contributed by atoms with van der Waals surface area (Å²) in [4.78, 5) is 4.20. The molecule has 0 spiro atoms. The molecule has 0 bridgehead atoms. The molecule has 0 heterocycles. The van der Waals surface area contributed by atoms with Crippen molar-refractivity contribution in [1.82, 2.24) is 10.6 Å². The summed E-state index contributed by atoms with van der Waals surface area (Å²) in [5, 5.41) is 15.8. The molecule has 0 aliphatic rings. The number of aliphatic hydroxyl groups excluding tert-OH is 1. The van der Waals surface area contributed by atoms with E-state index in [1.165, 1.54) is 5.56 Å². The van der Waals surface area contributed by atoms with Crippen molar-refractivity contribution in [3.05, 3.63) is 34.9 Å². The number of benzene rings is 1. The number of aliphatic imine (C=N–C) groups is 1. The van der Waals surface area contributed by atoms with Gasteiger partial charge in [0.25, 0.3) is 0 Å². The van der Waals surface area contributed by atoms with Crippen molar-refractivity contribution in [1.29, 1.82) is 0 Å². The van der Waals surface area contributed by atoms with Crippen LogP contribution in [-0.4, -0.2) is 37.3 Å². The van der Waals surface area contributed by atoms with Crippen molar-refractivity contribution in [2.75, 3.05) is 26.2 Å². The van der Waals surface area contributed by atoms with E-state index in [4.69, 9.17) is 16.7 Å². The Morgan fingerprint density at radius 3 is 2.53 bits per heavy atom. The first kappa shape index (κ1) is 18.5. The summed E-state index contributed by atoms with van der Waals surface area (Å²) in [6, 6.07) is 7.81. The molecule has 0 aliphatic carbocycles. The van der Waals surface area contributed by atoms with Crippen molar-refractivity contribution < 1.29 is 5.11 Å². The summed E-state index contributed by atoms with van der Waals surface area (Å²) in [5.74, 6) is 0.737. The first-order valence-corrected chi connectivity index (χ1v) is 6.51. The minimum atomic E-state index is 0. The molecule has 0 aliphatic heterocycles. The highest BCUT2D eigenvalue weighted by atomic mass is 127. The summed E-state index contributed by atoms with van der Waals surface area (Å²) in [7, 11) is 0. The Hall–Kier alpha value is -0.530. The largest absolute Gasteiger partial charge is 0.394 e. The zero-order valence-corrected chi connectivity index (χ0v) is 14.1. The Kier molecular flexibility index (Phi) is 11.0. The van der Waals surface area contributed by atoms with Crippen molar-refractivity contribution in [3.63, 3.8) is 0 Å². The molecule has 6 heteroatoms. The Bertz CT molecular complexity index is 371. The Balaban J connectivity index is 0.00000324. The lowest BCUT2D eigenvalue weighted by molar-refractivity contribution is 0.306. The predicted molar refractivity (Wildman–Crippen MR) is 91.6 cm³/mol. The van der Waals surface area contributed by atoms with E-state index in [1.54, 1.807) is 0 Å². The van der Waals surface area contributed by atoms with Crippen molar-refractivity contribution in [3.8, 4) is 0 Å². The van der Waals surface area contributed by atoms with Crippen LogP contribution < -0.4 is 10.6 Å². The fourth-order valence-electron chi connectivity index (χ4n) is 1.48. The van der Waals surface area contributed by atoms with Crippen LogP contribution in [0.5, 0.6) is 0 Å². The van der Waals surface area contributed by atoms with E-state index in [1.807, 2.05) is 31.2 Å². The molecule has 3 N–H and O–H groups in total. The summed E-state index contributed by atoms with van der Waals surface area (Å²) in [5.41, 5.74) is 1.23. The van der Waals surface area contributed by atoms with Gasteiger partial charge in [-0.15, -0.1) is 24.0 Å². The minimum absolute atomic E-state index is 0. The van der Waals surface area contributed by atoms with Crippen LogP contribution in [0.1, 0.15) is 12.5 Å². The van der Waals surface area contributed by atoms with Gasteiger partial charge in [0.15, 0.2) is 5.96 Å². The van der Waals surface area contributed by atoms with Crippen LogP contribution in [0.15, 0.2) is 29.3 Å². The molecule has 0 radical (unpaired) electrons. The monoisotopic (exact) mass is 397 g/mol. The van der Waals surface area contributed by atoms with Crippen LogP contribution in [0.2, 0.25) is 5.02 Å².